The Morgan fingerprint density at radius 1 is 1.50 bits per heavy atom. The van der Waals surface area contributed by atoms with Crippen molar-refractivity contribution in [3.63, 3.8) is 0 Å². The van der Waals surface area contributed by atoms with E-state index in [1.165, 1.54) is 0 Å². The number of nitrogens with two attached hydrogens (primary N) is 1. The molecule has 0 bridgehead atoms. The number of aryl methyl sites for hydroxylation is 1. The summed E-state index contributed by atoms with van der Waals surface area (Å²) in [5, 5.41) is 0.580. The van der Waals surface area contributed by atoms with Crippen LogP contribution in [-0.4, -0.2) is 9.97 Å². The van der Waals surface area contributed by atoms with Gasteiger partial charge in [-0.1, -0.05) is 6.92 Å². The van der Waals surface area contributed by atoms with Crippen LogP contribution < -0.4 is 11.3 Å². The molecule has 0 aliphatic carbocycles. The van der Waals surface area contributed by atoms with Crippen LogP contribution in [0.4, 0.5) is 5.69 Å². The maximum Gasteiger partial charge on any atom is 0.258 e. The number of hydrogen-bond donors (Lipinski definition) is 2. The van der Waals surface area contributed by atoms with Crippen molar-refractivity contribution in [2.45, 2.75) is 13.3 Å². The summed E-state index contributed by atoms with van der Waals surface area (Å²) in [6, 6.07) is 5.10. The molecular formula is C10H11N3O. The quantitative estimate of drug-likeness (QED) is 0.659. The van der Waals surface area contributed by atoms with Gasteiger partial charge < -0.3 is 10.7 Å². The maximum absolute atomic E-state index is 11.5. The Morgan fingerprint density at radius 2 is 2.29 bits per heavy atom. The average molecular weight is 189 g/mol. The molecule has 2 aromatic rings. The molecule has 0 aliphatic rings. The van der Waals surface area contributed by atoms with E-state index in [0.717, 1.165) is 0 Å². The van der Waals surface area contributed by atoms with Gasteiger partial charge in [-0.25, -0.2) is 4.98 Å². The van der Waals surface area contributed by atoms with Crippen molar-refractivity contribution in [3.05, 3.63) is 34.4 Å². The number of H-pyrrole nitrogens is 1. The largest absolute Gasteiger partial charge is 0.399 e. The van der Waals surface area contributed by atoms with Crippen LogP contribution in [0.3, 0.4) is 0 Å². The van der Waals surface area contributed by atoms with Crippen molar-refractivity contribution in [1.82, 2.24) is 9.97 Å². The second-order valence-corrected chi connectivity index (χ2v) is 3.14. The third-order valence-electron chi connectivity index (χ3n) is 2.11. The van der Waals surface area contributed by atoms with E-state index in [-0.39, 0.29) is 5.56 Å². The number of aromatic amines is 1. The fourth-order valence-electron chi connectivity index (χ4n) is 1.37. The molecule has 0 aliphatic heterocycles. The van der Waals surface area contributed by atoms with Crippen LogP contribution in [-0.2, 0) is 6.42 Å². The molecule has 0 radical (unpaired) electrons. The number of nitrogen functional groups attached to an aromatic ring is 1. The topological polar surface area (TPSA) is 71.8 Å². The highest BCUT2D eigenvalue weighted by molar-refractivity contribution is 5.80. The van der Waals surface area contributed by atoms with Gasteiger partial charge in [-0.2, -0.15) is 0 Å². The first-order valence-electron chi connectivity index (χ1n) is 4.49. The molecule has 2 rings (SSSR count). The van der Waals surface area contributed by atoms with Gasteiger partial charge in [0.05, 0.1) is 10.9 Å². The first-order valence-corrected chi connectivity index (χ1v) is 4.49. The highest BCUT2D eigenvalue weighted by Gasteiger charge is 2.02. The molecule has 0 atom stereocenters. The molecule has 72 valence electrons. The molecule has 3 N–H and O–H groups in total. The zero-order valence-corrected chi connectivity index (χ0v) is 7.87. The van der Waals surface area contributed by atoms with E-state index in [1.807, 2.05) is 6.92 Å². The van der Waals surface area contributed by atoms with E-state index in [1.54, 1.807) is 18.2 Å². The van der Waals surface area contributed by atoms with Gasteiger partial charge in [0.25, 0.3) is 5.56 Å². The molecule has 0 saturated carbocycles. The van der Waals surface area contributed by atoms with Crippen molar-refractivity contribution in [2.75, 3.05) is 5.73 Å². The van der Waals surface area contributed by atoms with Gasteiger partial charge in [0, 0.05) is 12.1 Å². The van der Waals surface area contributed by atoms with Crippen molar-refractivity contribution >= 4 is 16.6 Å². The molecule has 4 nitrogen and oxygen atoms in total. The van der Waals surface area contributed by atoms with Gasteiger partial charge in [0.1, 0.15) is 5.82 Å². The molecule has 0 amide bonds. The van der Waals surface area contributed by atoms with E-state index < -0.39 is 0 Å². The number of nitrogens with one attached hydrogen (secondary N) is 1. The Kier molecular flexibility index (Phi) is 1.96. The molecular weight excluding hydrogens is 178 g/mol. The summed E-state index contributed by atoms with van der Waals surface area (Å²) in [5.41, 5.74) is 6.79. The first kappa shape index (κ1) is 8.74. The molecule has 0 saturated heterocycles. The van der Waals surface area contributed by atoms with E-state index in [0.29, 0.717) is 28.8 Å². The Morgan fingerprint density at radius 3 is 3.00 bits per heavy atom. The zero-order chi connectivity index (χ0) is 10.1. The fourth-order valence-corrected chi connectivity index (χ4v) is 1.37. The van der Waals surface area contributed by atoms with E-state index in [9.17, 15) is 4.79 Å². The SMILES string of the molecule is CCc1nc2cc(N)ccc2c(=O)[nH]1. The lowest BCUT2D eigenvalue weighted by atomic mass is 10.2. The standard InChI is InChI=1S/C10H11N3O/c1-2-9-12-8-5-6(11)3-4-7(8)10(14)13-9/h3-5H,2,11H2,1H3,(H,12,13,14). The zero-order valence-electron chi connectivity index (χ0n) is 7.87. The number of fused-ring (bicyclic) bond motifs is 1. The van der Waals surface area contributed by atoms with Gasteiger partial charge >= 0.3 is 0 Å². The molecule has 0 unspecified atom stereocenters. The Balaban J connectivity index is 2.84. The number of rotatable bonds is 1. The first-order chi connectivity index (χ1) is 6.70. The molecule has 1 aromatic heterocycles. The van der Waals surface area contributed by atoms with Crippen LogP contribution in [0, 0.1) is 0 Å². The van der Waals surface area contributed by atoms with Crippen molar-refractivity contribution in [1.29, 1.82) is 0 Å². The van der Waals surface area contributed by atoms with Crippen LogP contribution >= 0.6 is 0 Å². The number of hydrogen-bond acceptors (Lipinski definition) is 3. The van der Waals surface area contributed by atoms with Crippen LogP contribution in [0.2, 0.25) is 0 Å². The highest BCUT2D eigenvalue weighted by atomic mass is 16.1. The van der Waals surface area contributed by atoms with E-state index in [2.05, 4.69) is 9.97 Å². The third kappa shape index (κ3) is 1.35. The van der Waals surface area contributed by atoms with Crippen LogP contribution in [0.1, 0.15) is 12.7 Å². The summed E-state index contributed by atoms with van der Waals surface area (Å²) in [7, 11) is 0. The normalized spacial score (nSPS) is 10.6. The fraction of sp³-hybridized carbons (Fsp3) is 0.200. The molecule has 14 heavy (non-hydrogen) atoms. The Hall–Kier alpha value is -1.84. The van der Waals surface area contributed by atoms with Gasteiger partial charge in [0.15, 0.2) is 0 Å². The van der Waals surface area contributed by atoms with Gasteiger partial charge in [-0.15, -0.1) is 0 Å². The lowest BCUT2D eigenvalue weighted by Crippen LogP contribution is -2.11. The Labute approximate surface area is 80.8 Å². The van der Waals surface area contributed by atoms with Gasteiger partial charge in [-0.3, -0.25) is 4.79 Å². The number of benzene rings is 1. The minimum absolute atomic E-state index is 0.105. The highest BCUT2D eigenvalue weighted by Crippen LogP contribution is 2.11. The predicted octanol–water partition coefficient (Wildman–Crippen LogP) is 1.07. The number of nitrogens with zero attached hydrogens (tertiary/aromatic N) is 1. The van der Waals surface area contributed by atoms with Crippen LogP contribution in [0.5, 0.6) is 0 Å². The number of anilines is 1. The maximum atomic E-state index is 11.5. The summed E-state index contributed by atoms with van der Waals surface area (Å²) >= 11 is 0. The molecule has 1 heterocycles. The molecule has 0 spiro atoms. The molecule has 4 heteroatoms. The lowest BCUT2D eigenvalue weighted by molar-refractivity contribution is 0.944. The monoisotopic (exact) mass is 189 g/mol. The average Bonchev–Trinajstić information content (AvgIpc) is 2.16. The number of aromatic nitrogens is 2. The van der Waals surface area contributed by atoms with Crippen LogP contribution in [0.15, 0.2) is 23.0 Å². The minimum atomic E-state index is -0.105. The minimum Gasteiger partial charge on any atom is -0.399 e. The summed E-state index contributed by atoms with van der Waals surface area (Å²) in [5.74, 6) is 0.688. The van der Waals surface area contributed by atoms with Gasteiger partial charge in [0.2, 0.25) is 0 Å². The molecule has 0 fully saturated rings. The van der Waals surface area contributed by atoms with Crippen molar-refractivity contribution in [2.24, 2.45) is 0 Å². The van der Waals surface area contributed by atoms with Crippen molar-refractivity contribution in [3.8, 4) is 0 Å². The lowest BCUT2D eigenvalue weighted by Gasteiger charge is -2.00. The summed E-state index contributed by atoms with van der Waals surface area (Å²) < 4.78 is 0. The van der Waals surface area contributed by atoms with E-state index in [4.69, 9.17) is 5.73 Å². The second kappa shape index (κ2) is 3.14. The third-order valence-corrected chi connectivity index (χ3v) is 2.11. The summed E-state index contributed by atoms with van der Waals surface area (Å²) in [6.07, 6.45) is 0.708. The van der Waals surface area contributed by atoms with Crippen molar-refractivity contribution < 1.29 is 0 Å². The smallest absolute Gasteiger partial charge is 0.258 e. The predicted molar refractivity (Wildman–Crippen MR) is 56.2 cm³/mol. The molecule has 1 aromatic carbocycles. The second-order valence-electron chi connectivity index (χ2n) is 3.14. The van der Waals surface area contributed by atoms with Crippen LogP contribution in [0.25, 0.3) is 10.9 Å². The summed E-state index contributed by atoms with van der Waals surface area (Å²) in [4.78, 5) is 18.5. The van der Waals surface area contributed by atoms with E-state index >= 15 is 0 Å². The Bertz CT molecular complexity index is 530. The van der Waals surface area contributed by atoms with Gasteiger partial charge in [-0.05, 0) is 18.2 Å². The summed E-state index contributed by atoms with van der Waals surface area (Å²) in [6.45, 7) is 1.94.